The number of hydrogen-bond donors (Lipinski definition) is 3. The molecule has 0 aliphatic rings. The molecule has 3 amide bonds. The molecule has 0 aromatic heterocycles. The highest BCUT2D eigenvalue weighted by Gasteiger charge is 2.12. The Morgan fingerprint density at radius 3 is 2.29 bits per heavy atom. The Balaban J connectivity index is 1.45. The Bertz CT molecular complexity index is 1040. The van der Waals surface area contributed by atoms with Crippen molar-refractivity contribution in [3.05, 3.63) is 83.7 Å². The summed E-state index contributed by atoms with van der Waals surface area (Å²) in [4.78, 5) is 35.8. The highest BCUT2D eigenvalue weighted by molar-refractivity contribution is 5.99. The van der Waals surface area contributed by atoms with Gasteiger partial charge in [-0.05, 0) is 35.0 Å². The molecule has 0 bridgehead atoms. The molecule has 0 spiro atoms. The lowest BCUT2D eigenvalue weighted by molar-refractivity contribution is -0.121. The molecule has 3 aromatic rings. The topological polar surface area (TPSA) is 87.3 Å². The van der Waals surface area contributed by atoms with Crippen molar-refractivity contribution in [2.75, 3.05) is 6.54 Å². The third-order valence-electron chi connectivity index (χ3n) is 4.08. The van der Waals surface area contributed by atoms with Gasteiger partial charge in [-0.25, -0.2) is 4.39 Å². The van der Waals surface area contributed by atoms with E-state index in [4.69, 9.17) is 0 Å². The second-order valence-electron chi connectivity index (χ2n) is 6.05. The molecule has 0 aliphatic heterocycles. The first-order chi connectivity index (χ1) is 13.5. The molecule has 142 valence electrons. The van der Waals surface area contributed by atoms with Gasteiger partial charge < -0.3 is 5.32 Å². The van der Waals surface area contributed by atoms with Gasteiger partial charge in [-0.15, -0.1) is 0 Å². The van der Waals surface area contributed by atoms with E-state index in [1.807, 2.05) is 30.3 Å². The van der Waals surface area contributed by atoms with Gasteiger partial charge in [0.1, 0.15) is 5.82 Å². The smallest absolute Gasteiger partial charge is 0.272 e. The first-order valence-electron chi connectivity index (χ1n) is 8.65. The SMILES string of the molecule is O=C(CCNC(=O)c1ccc2ccccc2c1)NNC(=O)c1ccccc1F. The van der Waals surface area contributed by atoms with E-state index in [1.165, 1.54) is 18.2 Å². The minimum Gasteiger partial charge on any atom is -0.352 e. The van der Waals surface area contributed by atoms with Crippen molar-refractivity contribution < 1.29 is 18.8 Å². The second-order valence-corrected chi connectivity index (χ2v) is 6.05. The van der Waals surface area contributed by atoms with Crippen LogP contribution in [0.15, 0.2) is 66.7 Å². The maximum absolute atomic E-state index is 13.5. The summed E-state index contributed by atoms with van der Waals surface area (Å²) in [7, 11) is 0. The summed E-state index contributed by atoms with van der Waals surface area (Å²) < 4.78 is 13.5. The van der Waals surface area contributed by atoms with E-state index in [-0.39, 0.29) is 24.4 Å². The van der Waals surface area contributed by atoms with Crippen LogP contribution in [-0.4, -0.2) is 24.3 Å². The Hall–Kier alpha value is -3.74. The van der Waals surface area contributed by atoms with Crippen LogP contribution in [0.2, 0.25) is 0 Å². The van der Waals surface area contributed by atoms with Crippen LogP contribution >= 0.6 is 0 Å². The van der Waals surface area contributed by atoms with Crippen LogP contribution in [0.5, 0.6) is 0 Å². The highest BCUT2D eigenvalue weighted by atomic mass is 19.1. The average molecular weight is 379 g/mol. The zero-order valence-electron chi connectivity index (χ0n) is 14.9. The van der Waals surface area contributed by atoms with Gasteiger partial charge in [-0.1, -0.05) is 42.5 Å². The van der Waals surface area contributed by atoms with E-state index >= 15 is 0 Å². The first kappa shape index (κ1) is 19.0. The standard InChI is InChI=1S/C21H18FN3O3/c22-18-8-4-3-7-17(18)21(28)25-24-19(26)11-12-23-20(27)16-10-9-14-5-1-2-6-15(14)13-16/h1-10,13H,11-12H2,(H,23,27)(H,24,26)(H,25,28). The van der Waals surface area contributed by atoms with Crippen molar-refractivity contribution in [2.45, 2.75) is 6.42 Å². The second kappa shape index (κ2) is 8.77. The molecule has 6 nitrogen and oxygen atoms in total. The summed E-state index contributed by atoms with van der Waals surface area (Å²) in [6, 6.07) is 18.5. The first-order valence-corrected chi connectivity index (χ1v) is 8.65. The lowest BCUT2D eigenvalue weighted by Crippen LogP contribution is -2.43. The molecule has 3 aromatic carbocycles. The summed E-state index contributed by atoms with van der Waals surface area (Å²) in [6.45, 7) is 0.0903. The number of hydrogen-bond acceptors (Lipinski definition) is 3. The van der Waals surface area contributed by atoms with Gasteiger partial charge in [-0.3, -0.25) is 25.2 Å². The monoisotopic (exact) mass is 379 g/mol. The molecule has 0 saturated carbocycles. The molecule has 3 N–H and O–H groups in total. The number of carbonyl (C=O) groups excluding carboxylic acids is 3. The largest absolute Gasteiger partial charge is 0.352 e. The van der Waals surface area contributed by atoms with Crippen molar-refractivity contribution in [1.29, 1.82) is 0 Å². The summed E-state index contributed by atoms with van der Waals surface area (Å²) in [5, 5.41) is 4.63. The number of halogens is 1. The van der Waals surface area contributed by atoms with Crippen molar-refractivity contribution in [3.8, 4) is 0 Å². The molecule has 3 rings (SSSR count). The maximum Gasteiger partial charge on any atom is 0.272 e. The molecule has 7 heteroatoms. The zero-order chi connectivity index (χ0) is 19.9. The zero-order valence-corrected chi connectivity index (χ0v) is 14.9. The molecular formula is C21H18FN3O3. The van der Waals surface area contributed by atoms with Crippen molar-refractivity contribution in [2.24, 2.45) is 0 Å². The van der Waals surface area contributed by atoms with Crippen molar-refractivity contribution >= 4 is 28.5 Å². The highest BCUT2D eigenvalue weighted by Crippen LogP contribution is 2.15. The Morgan fingerprint density at radius 1 is 0.786 bits per heavy atom. The molecule has 0 aliphatic carbocycles. The predicted molar refractivity (Wildman–Crippen MR) is 103 cm³/mol. The van der Waals surface area contributed by atoms with Gasteiger partial charge in [0, 0.05) is 18.5 Å². The quantitative estimate of drug-likeness (QED) is 0.596. The van der Waals surface area contributed by atoms with Crippen LogP contribution in [0.1, 0.15) is 27.1 Å². The Morgan fingerprint density at radius 2 is 1.50 bits per heavy atom. The van der Waals surface area contributed by atoms with Gasteiger partial charge in [0.25, 0.3) is 11.8 Å². The molecule has 28 heavy (non-hydrogen) atoms. The fourth-order valence-electron chi connectivity index (χ4n) is 2.62. The van der Waals surface area contributed by atoms with Crippen LogP contribution in [0, 0.1) is 5.82 Å². The molecule has 0 heterocycles. The van der Waals surface area contributed by atoms with E-state index in [0.29, 0.717) is 5.56 Å². The predicted octanol–water partition coefficient (Wildman–Crippen LogP) is 2.56. The third kappa shape index (κ3) is 4.70. The number of amides is 3. The fourth-order valence-corrected chi connectivity index (χ4v) is 2.62. The Kier molecular flexibility index (Phi) is 5.96. The minimum absolute atomic E-state index is 0.0448. The molecule has 0 unspecified atom stereocenters. The van der Waals surface area contributed by atoms with E-state index in [0.717, 1.165) is 16.8 Å². The van der Waals surface area contributed by atoms with Gasteiger partial charge >= 0.3 is 0 Å². The van der Waals surface area contributed by atoms with Crippen LogP contribution in [0.3, 0.4) is 0 Å². The van der Waals surface area contributed by atoms with Gasteiger partial charge in [-0.2, -0.15) is 0 Å². The van der Waals surface area contributed by atoms with Crippen LogP contribution < -0.4 is 16.2 Å². The number of fused-ring (bicyclic) bond motifs is 1. The van der Waals surface area contributed by atoms with Crippen LogP contribution in [-0.2, 0) is 4.79 Å². The van der Waals surface area contributed by atoms with E-state index in [2.05, 4.69) is 16.2 Å². The van der Waals surface area contributed by atoms with Gasteiger partial charge in [0.05, 0.1) is 5.56 Å². The maximum atomic E-state index is 13.5. The number of hydrazine groups is 1. The summed E-state index contributed by atoms with van der Waals surface area (Å²) in [5.41, 5.74) is 4.65. The van der Waals surface area contributed by atoms with E-state index in [1.54, 1.807) is 12.1 Å². The van der Waals surface area contributed by atoms with Gasteiger partial charge in [0.15, 0.2) is 0 Å². The van der Waals surface area contributed by atoms with Crippen LogP contribution in [0.4, 0.5) is 4.39 Å². The number of carbonyl (C=O) groups is 3. The minimum atomic E-state index is -0.758. The Labute approximate surface area is 160 Å². The van der Waals surface area contributed by atoms with Crippen molar-refractivity contribution in [1.82, 2.24) is 16.2 Å². The number of benzene rings is 3. The summed E-state index contributed by atoms with van der Waals surface area (Å²) in [5.74, 6) is -2.25. The third-order valence-corrected chi connectivity index (χ3v) is 4.08. The van der Waals surface area contributed by atoms with Crippen LogP contribution in [0.25, 0.3) is 10.8 Å². The van der Waals surface area contributed by atoms with E-state index < -0.39 is 17.6 Å². The molecular weight excluding hydrogens is 361 g/mol. The molecule has 0 atom stereocenters. The molecule has 0 saturated heterocycles. The number of rotatable bonds is 5. The fraction of sp³-hybridized carbons (Fsp3) is 0.0952. The molecule has 0 fully saturated rings. The van der Waals surface area contributed by atoms with E-state index in [9.17, 15) is 18.8 Å². The summed E-state index contributed by atoms with van der Waals surface area (Å²) in [6.07, 6.45) is -0.0448. The normalized spacial score (nSPS) is 10.3. The van der Waals surface area contributed by atoms with Crippen molar-refractivity contribution in [3.63, 3.8) is 0 Å². The number of nitrogens with one attached hydrogen (secondary N) is 3. The summed E-state index contributed by atoms with van der Waals surface area (Å²) >= 11 is 0. The molecule has 0 radical (unpaired) electrons. The lowest BCUT2D eigenvalue weighted by Gasteiger charge is -2.09. The van der Waals surface area contributed by atoms with Gasteiger partial charge in [0.2, 0.25) is 5.91 Å². The average Bonchev–Trinajstić information content (AvgIpc) is 2.72. The lowest BCUT2D eigenvalue weighted by atomic mass is 10.1.